The minimum atomic E-state index is 0.0862. The van der Waals surface area contributed by atoms with Crippen molar-refractivity contribution in [2.75, 3.05) is 11.4 Å². The van der Waals surface area contributed by atoms with E-state index in [0.29, 0.717) is 12.0 Å². The standard InChI is InChI=1S/C16H26N4OS/c1-11(2)9-14-18-15(22-19-14)20-8-5-13(17-12(3)21)10-16(20)6-4-7-16/h11,13H,4-10H2,1-3H3,(H,17,21). The van der Waals surface area contributed by atoms with Gasteiger partial charge < -0.3 is 10.2 Å². The highest BCUT2D eigenvalue weighted by Crippen LogP contribution is 2.46. The van der Waals surface area contributed by atoms with Gasteiger partial charge >= 0.3 is 0 Å². The van der Waals surface area contributed by atoms with E-state index in [1.165, 1.54) is 19.3 Å². The lowest BCUT2D eigenvalue weighted by atomic mass is 9.69. The lowest BCUT2D eigenvalue weighted by Gasteiger charge is -2.55. The Labute approximate surface area is 136 Å². The molecule has 0 aromatic carbocycles. The third kappa shape index (κ3) is 3.12. The van der Waals surface area contributed by atoms with Crippen molar-refractivity contribution in [2.45, 2.75) is 70.9 Å². The van der Waals surface area contributed by atoms with Gasteiger partial charge in [0.2, 0.25) is 11.0 Å². The number of amides is 1. The van der Waals surface area contributed by atoms with Crippen LogP contribution in [0, 0.1) is 5.92 Å². The summed E-state index contributed by atoms with van der Waals surface area (Å²) < 4.78 is 4.54. The summed E-state index contributed by atoms with van der Waals surface area (Å²) >= 11 is 1.54. The minimum absolute atomic E-state index is 0.0862. The van der Waals surface area contributed by atoms with Crippen LogP contribution in [-0.2, 0) is 11.2 Å². The summed E-state index contributed by atoms with van der Waals surface area (Å²) in [6, 6.07) is 0.317. The second-order valence-corrected chi connectivity index (χ2v) is 7.94. The second-order valence-electron chi connectivity index (χ2n) is 7.21. The molecule has 122 valence electrons. The van der Waals surface area contributed by atoms with Crippen molar-refractivity contribution in [3.05, 3.63) is 5.82 Å². The molecule has 5 nitrogen and oxygen atoms in total. The molecule has 1 unspecified atom stereocenters. The Kier molecular flexibility index (Phi) is 4.39. The van der Waals surface area contributed by atoms with Crippen molar-refractivity contribution in [3.8, 4) is 0 Å². The fourth-order valence-electron chi connectivity index (χ4n) is 3.76. The van der Waals surface area contributed by atoms with E-state index in [1.807, 2.05) is 0 Å². The number of hydrogen-bond donors (Lipinski definition) is 1. The van der Waals surface area contributed by atoms with Gasteiger partial charge in [0.15, 0.2) is 0 Å². The Balaban J connectivity index is 1.73. The topological polar surface area (TPSA) is 58.1 Å². The van der Waals surface area contributed by atoms with Crippen LogP contribution in [0.15, 0.2) is 0 Å². The highest BCUT2D eigenvalue weighted by atomic mass is 32.1. The van der Waals surface area contributed by atoms with E-state index < -0.39 is 0 Å². The molecule has 2 heterocycles. The summed E-state index contributed by atoms with van der Waals surface area (Å²) in [5.74, 6) is 1.65. The van der Waals surface area contributed by atoms with Crippen molar-refractivity contribution in [1.82, 2.24) is 14.7 Å². The zero-order valence-corrected chi connectivity index (χ0v) is 14.6. The third-order valence-electron chi connectivity index (χ3n) is 4.87. The quantitative estimate of drug-likeness (QED) is 0.926. The predicted molar refractivity (Wildman–Crippen MR) is 89.2 cm³/mol. The number of aromatic nitrogens is 2. The van der Waals surface area contributed by atoms with Crippen LogP contribution in [0.25, 0.3) is 0 Å². The Morgan fingerprint density at radius 3 is 2.86 bits per heavy atom. The Morgan fingerprint density at radius 2 is 2.27 bits per heavy atom. The monoisotopic (exact) mass is 322 g/mol. The first-order valence-electron chi connectivity index (χ1n) is 8.36. The largest absolute Gasteiger partial charge is 0.353 e. The van der Waals surface area contributed by atoms with E-state index in [2.05, 4.69) is 28.4 Å². The van der Waals surface area contributed by atoms with Gasteiger partial charge in [-0.25, -0.2) is 4.98 Å². The number of rotatable bonds is 4. The lowest BCUT2D eigenvalue weighted by molar-refractivity contribution is -0.120. The maximum Gasteiger partial charge on any atom is 0.217 e. The highest BCUT2D eigenvalue weighted by molar-refractivity contribution is 7.09. The zero-order valence-electron chi connectivity index (χ0n) is 13.8. The number of anilines is 1. The maximum absolute atomic E-state index is 11.3. The van der Waals surface area contributed by atoms with Crippen LogP contribution in [-0.4, -0.2) is 33.4 Å². The van der Waals surface area contributed by atoms with Crippen LogP contribution >= 0.6 is 11.5 Å². The molecule has 3 rings (SSSR count). The molecule has 2 aliphatic rings. The molecular formula is C16H26N4OS. The summed E-state index contributed by atoms with van der Waals surface area (Å²) in [6.07, 6.45) is 6.70. The van der Waals surface area contributed by atoms with Gasteiger partial charge in [0.05, 0.1) is 0 Å². The molecule has 1 amide bonds. The first-order chi connectivity index (χ1) is 10.5. The maximum atomic E-state index is 11.3. The summed E-state index contributed by atoms with van der Waals surface area (Å²) in [5.41, 5.74) is 0.208. The van der Waals surface area contributed by atoms with Gasteiger partial charge in [-0.1, -0.05) is 13.8 Å². The van der Waals surface area contributed by atoms with Crippen LogP contribution in [0.4, 0.5) is 5.13 Å². The van der Waals surface area contributed by atoms with E-state index in [9.17, 15) is 4.79 Å². The molecule has 1 aromatic heterocycles. The van der Waals surface area contributed by atoms with Crippen LogP contribution in [0.5, 0.6) is 0 Å². The van der Waals surface area contributed by atoms with Crippen molar-refractivity contribution < 1.29 is 4.79 Å². The Hall–Kier alpha value is -1.17. The number of carbonyl (C=O) groups is 1. The van der Waals surface area contributed by atoms with E-state index in [-0.39, 0.29) is 11.4 Å². The van der Waals surface area contributed by atoms with Crippen LogP contribution < -0.4 is 10.2 Å². The molecule has 1 spiro atoms. The highest BCUT2D eigenvalue weighted by Gasteiger charge is 2.48. The smallest absolute Gasteiger partial charge is 0.217 e. The summed E-state index contributed by atoms with van der Waals surface area (Å²) in [5, 5.41) is 4.19. The van der Waals surface area contributed by atoms with Crippen LogP contribution in [0.3, 0.4) is 0 Å². The zero-order chi connectivity index (χ0) is 15.7. The van der Waals surface area contributed by atoms with Crippen molar-refractivity contribution >= 4 is 22.6 Å². The molecule has 1 saturated carbocycles. The van der Waals surface area contributed by atoms with E-state index >= 15 is 0 Å². The molecule has 1 aliphatic carbocycles. The number of piperidine rings is 1. The third-order valence-corrected chi connectivity index (χ3v) is 5.65. The average molecular weight is 322 g/mol. The molecule has 0 radical (unpaired) electrons. The Morgan fingerprint density at radius 1 is 1.50 bits per heavy atom. The molecule has 2 fully saturated rings. The van der Waals surface area contributed by atoms with Gasteiger partial charge in [0.25, 0.3) is 0 Å². The van der Waals surface area contributed by atoms with Crippen molar-refractivity contribution in [1.29, 1.82) is 0 Å². The van der Waals surface area contributed by atoms with Crippen molar-refractivity contribution in [2.24, 2.45) is 5.92 Å². The van der Waals surface area contributed by atoms with Crippen molar-refractivity contribution in [3.63, 3.8) is 0 Å². The molecule has 1 aliphatic heterocycles. The van der Waals surface area contributed by atoms with Crippen LogP contribution in [0.2, 0.25) is 0 Å². The molecule has 6 heteroatoms. The number of carbonyl (C=O) groups excluding carboxylic acids is 1. The molecule has 22 heavy (non-hydrogen) atoms. The van der Waals surface area contributed by atoms with Gasteiger partial charge in [-0.2, -0.15) is 4.37 Å². The Bertz CT molecular complexity index is 538. The molecular weight excluding hydrogens is 296 g/mol. The van der Waals surface area contributed by atoms with E-state index in [4.69, 9.17) is 4.98 Å². The fourth-order valence-corrected chi connectivity index (χ4v) is 4.60. The SMILES string of the molecule is CC(=O)NC1CCN(c2nc(CC(C)C)ns2)C2(CCC2)C1. The number of hydrogen-bond acceptors (Lipinski definition) is 5. The average Bonchev–Trinajstić information content (AvgIpc) is 2.83. The second kappa shape index (κ2) is 6.14. The van der Waals surface area contributed by atoms with Gasteiger partial charge in [0, 0.05) is 43.0 Å². The summed E-state index contributed by atoms with van der Waals surface area (Å²) in [4.78, 5) is 18.6. The minimum Gasteiger partial charge on any atom is -0.353 e. The first-order valence-corrected chi connectivity index (χ1v) is 9.13. The first kappa shape index (κ1) is 15.7. The van der Waals surface area contributed by atoms with E-state index in [0.717, 1.165) is 36.8 Å². The van der Waals surface area contributed by atoms with Gasteiger partial charge in [0.1, 0.15) is 5.82 Å². The molecule has 1 saturated heterocycles. The van der Waals surface area contributed by atoms with Gasteiger partial charge in [-0.15, -0.1) is 0 Å². The van der Waals surface area contributed by atoms with E-state index in [1.54, 1.807) is 18.5 Å². The molecule has 1 N–H and O–H groups in total. The number of nitrogens with zero attached hydrogens (tertiary/aromatic N) is 3. The fraction of sp³-hybridized carbons (Fsp3) is 0.812. The summed E-state index contributed by atoms with van der Waals surface area (Å²) in [7, 11) is 0. The molecule has 0 bridgehead atoms. The predicted octanol–water partition coefficient (Wildman–Crippen LogP) is 2.76. The molecule has 1 aromatic rings. The van der Waals surface area contributed by atoms with Gasteiger partial charge in [-0.3, -0.25) is 4.79 Å². The van der Waals surface area contributed by atoms with Crippen LogP contribution in [0.1, 0.15) is 58.7 Å². The summed E-state index contributed by atoms with van der Waals surface area (Å²) in [6.45, 7) is 6.99. The van der Waals surface area contributed by atoms with Gasteiger partial charge in [-0.05, 0) is 38.0 Å². The molecule has 1 atom stereocenters. The normalized spacial score (nSPS) is 23.6. The lowest BCUT2D eigenvalue weighted by Crippen LogP contribution is -2.62. The number of nitrogens with one attached hydrogen (secondary N) is 1.